The van der Waals surface area contributed by atoms with Gasteiger partial charge in [-0.2, -0.15) is 0 Å². The molecule has 1 heterocycles. The highest BCUT2D eigenvalue weighted by Crippen LogP contribution is 2.36. The molecule has 0 unspecified atom stereocenters. The molecule has 4 atom stereocenters. The van der Waals surface area contributed by atoms with Crippen molar-refractivity contribution in [3.8, 4) is 11.5 Å². The Morgan fingerprint density at radius 3 is 2.30 bits per heavy atom. The molecule has 1 aliphatic rings. The number of alkyl carbamates (subject to hydrolysis) is 1. The minimum absolute atomic E-state index is 0.0498. The third-order valence-corrected chi connectivity index (χ3v) is 7.16. The Morgan fingerprint density at radius 2 is 1.66 bits per heavy atom. The molecule has 3 amide bonds. The fourth-order valence-corrected chi connectivity index (χ4v) is 4.84. The number of nitrogens with one attached hydrogen (secondary N) is 3. The Kier molecular flexibility index (Phi) is 12.4. The molecule has 0 bridgehead atoms. The van der Waals surface area contributed by atoms with E-state index in [1.54, 1.807) is 39.0 Å². The number of rotatable bonds is 14. The summed E-state index contributed by atoms with van der Waals surface area (Å²) in [6.07, 6.45) is -1.57. The predicted octanol–water partition coefficient (Wildman–Crippen LogP) is 3.20. The number of fused-ring (bicyclic) bond motifs is 1. The van der Waals surface area contributed by atoms with Crippen LogP contribution in [0.4, 0.5) is 4.79 Å². The van der Waals surface area contributed by atoms with Crippen molar-refractivity contribution in [1.29, 1.82) is 0 Å². The fraction of sp³-hybridized carbons (Fsp3) is 0.545. The zero-order chi connectivity index (χ0) is 32.4. The average molecular weight is 613 g/mol. The largest absolute Gasteiger partial charge is 0.454 e. The first kappa shape index (κ1) is 34.7. The minimum atomic E-state index is -1.16. The molecule has 0 spiro atoms. The number of aliphatic hydroxyl groups is 1. The molecule has 1 aliphatic heterocycles. The van der Waals surface area contributed by atoms with Crippen molar-refractivity contribution >= 4 is 17.9 Å². The van der Waals surface area contributed by atoms with Crippen LogP contribution in [0.1, 0.15) is 58.1 Å². The number of benzene rings is 2. The topological polar surface area (TPSA) is 138 Å². The molecule has 11 nitrogen and oxygen atoms in total. The number of carbonyl (C=O) groups excluding carboxylic acids is 3. The summed E-state index contributed by atoms with van der Waals surface area (Å²) in [7, 11) is 3.83. The highest BCUT2D eigenvalue weighted by Gasteiger charge is 2.34. The summed E-state index contributed by atoms with van der Waals surface area (Å²) in [4.78, 5) is 41.8. The molecule has 2 aromatic rings. The zero-order valence-corrected chi connectivity index (χ0v) is 26.9. The van der Waals surface area contributed by atoms with Gasteiger partial charge in [0.05, 0.1) is 18.1 Å². The van der Waals surface area contributed by atoms with Crippen LogP contribution in [0.5, 0.6) is 11.5 Å². The first-order chi connectivity index (χ1) is 20.7. The van der Waals surface area contributed by atoms with Crippen LogP contribution in [0.15, 0.2) is 48.5 Å². The Hall–Kier alpha value is -3.83. The molecule has 0 aliphatic carbocycles. The van der Waals surface area contributed by atoms with Gasteiger partial charge in [-0.25, -0.2) is 4.79 Å². The normalized spacial score (nSPS) is 15.3. The van der Waals surface area contributed by atoms with Gasteiger partial charge in [-0.3, -0.25) is 9.59 Å². The van der Waals surface area contributed by atoms with E-state index in [0.717, 1.165) is 5.56 Å². The average Bonchev–Trinajstić information content (AvgIpc) is 3.41. The van der Waals surface area contributed by atoms with E-state index in [1.807, 2.05) is 63.2 Å². The molecular weight excluding hydrogens is 564 g/mol. The highest BCUT2D eigenvalue weighted by molar-refractivity contribution is 5.91. The van der Waals surface area contributed by atoms with Gasteiger partial charge in [-0.15, -0.1) is 0 Å². The third kappa shape index (κ3) is 10.7. The summed E-state index contributed by atoms with van der Waals surface area (Å²) in [6, 6.07) is 13.1. The SMILES string of the molecule is CC(C)[C@H](NC(=O)[C@H](C[C@H](O)[C@H](Cc1ccccc1)NC(=O)OC(C)(C)C)c1ccc2c(c1)OCO2)C(=O)NCCN(C)C. The van der Waals surface area contributed by atoms with Crippen molar-refractivity contribution in [1.82, 2.24) is 20.9 Å². The van der Waals surface area contributed by atoms with Crippen molar-refractivity contribution in [2.24, 2.45) is 5.92 Å². The first-order valence-corrected chi connectivity index (χ1v) is 15.1. The summed E-state index contributed by atoms with van der Waals surface area (Å²) in [5, 5.41) is 20.3. The monoisotopic (exact) mass is 612 g/mol. The van der Waals surface area contributed by atoms with E-state index in [-0.39, 0.29) is 25.0 Å². The maximum Gasteiger partial charge on any atom is 0.407 e. The van der Waals surface area contributed by atoms with Gasteiger partial charge in [0.2, 0.25) is 18.6 Å². The number of amides is 3. The van der Waals surface area contributed by atoms with Crippen LogP contribution in [-0.2, 0) is 20.7 Å². The van der Waals surface area contributed by atoms with E-state index >= 15 is 0 Å². The smallest absolute Gasteiger partial charge is 0.407 e. The molecule has 11 heteroatoms. The van der Waals surface area contributed by atoms with Crippen LogP contribution in [-0.4, -0.2) is 85.7 Å². The second-order valence-electron chi connectivity index (χ2n) is 12.7. The molecule has 2 aromatic carbocycles. The van der Waals surface area contributed by atoms with E-state index < -0.39 is 41.7 Å². The Bertz CT molecular complexity index is 1250. The first-order valence-electron chi connectivity index (χ1n) is 15.1. The lowest BCUT2D eigenvalue weighted by molar-refractivity contribution is -0.131. The maximum atomic E-state index is 14.0. The molecule has 0 saturated carbocycles. The van der Waals surface area contributed by atoms with E-state index in [9.17, 15) is 19.5 Å². The van der Waals surface area contributed by atoms with Crippen LogP contribution in [0, 0.1) is 5.92 Å². The second-order valence-corrected chi connectivity index (χ2v) is 12.7. The molecule has 3 rings (SSSR count). The van der Waals surface area contributed by atoms with Gasteiger partial charge >= 0.3 is 6.09 Å². The third-order valence-electron chi connectivity index (χ3n) is 7.16. The summed E-state index contributed by atoms with van der Waals surface area (Å²) in [5.41, 5.74) is 0.739. The van der Waals surface area contributed by atoms with Gasteiger partial charge < -0.3 is 40.2 Å². The Morgan fingerprint density at radius 1 is 0.977 bits per heavy atom. The predicted molar refractivity (Wildman–Crippen MR) is 168 cm³/mol. The van der Waals surface area contributed by atoms with Crippen LogP contribution in [0.2, 0.25) is 0 Å². The summed E-state index contributed by atoms with van der Waals surface area (Å²) < 4.78 is 16.5. The number of likely N-dealkylation sites (N-methyl/N-ethyl adjacent to an activating group) is 1. The minimum Gasteiger partial charge on any atom is -0.454 e. The molecule has 0 radical (unpaired) electrons. The van der Waals surface area contributed by atoms with Gasteiger partial charge in [0.1, 0.15) is 11.6 Å². The zero-order valence-electron chi connectivity index (χ0n) is 26.9. The van der Waals surface area contributed by atoms with E-state index in [0.29, 0.717) is 36.6 Å². The van der Waals surface area contributed by atoms with Crippen LogP contribution < -0.4 is 25.4 Å². The summed E-state index contributed by atoms with van der Waals surface area (Å²) in [6.45, 7) is 10.2. The lowest BCUT2D eigenvalue weighted by Gasteiger charge is -2.30. The highest BCUT2D eigenvalue weighted by atomic mass is 16.7. The quantitative estimate of drug-likeness (QED) is 0.255. The Labute approximate surface area is 260 Å². The number of hydrogen-bond donors (Lipinski definition) is 4. The van der Waals surface area contributed by atoms with Crippen molar-refractivity contribution in [2.45, 2.75) is 77.2 Å². The van der Waals surface area contributed by atoms with Crippen LogP contribution in [0.25, 0.3) is 0 Å². The van der Waals surface area contributed by atoms with Crippen molar-refractivity contribution < 1.29 is 33.7 Å². The number of aliphatic hydroxyl groups excluding tert-OH is 1. The maximum absolute atomic E-state index is 14.0. The number of hydrogen-bond acceptors (Lipinski definition) is 8. The molecule has 0 fully saturated rings. The summed E-state index contributed by atoms with van der Waals surface area (Å²) in [5.74, 6) is -0.741. The lowest BCUT2D eigenvalue weighted by atomic mass is 9.87. The number of carbonyl (C=O) groups is 3. The standard InChI is InChI=1S/C33H48N4O7/c1-21(2)29(31(40)34-15-16-37(6)7)36-30(39)24(23-13-14-27-28(18-23)43-20-42-27)19-26(38)25(17-22-11-9-8-10-12-22)35-32(41)44-33(3,4)5/h8-14,18,21,24-26,29,38H,15-17,19-20H2,1-7H3,(H,34,40)(H,35,41)(H,36,39)/t24-,25+,26+,29+/m1/s1. The van der Waals surface area contributed by atoms with Gasteiger partial charge in [0, 0.05) is 13.1 Å². The molecule has 4 N–H and O–H groups in total. The van der Waals surface area contributed by atoms with E-state index in [4.69, 9.17) is 14.2 Å². The van der Waals surface area contributed by atoms with E-state index in [2.05, 4.69) is 16.0 Å². The molecular formula is C33H48N4O7. The lowest BCUT2D eigenvalue weighted by Crippen LogP contribution is -2.52. The summed E-state index contributed by atoms with van der Waals surface area (Å²) >= 11 is 0. The molecule has 242 valence electrons. The van der Waals surface area contributed by atoms with Gasteiger partial charge in [-0.1, -0.05) is 50.2 Å². The van der Waals surface area contributed by atoms with Gasteiger partial charge in [-0.05, 0) is 76.9 Å². The van der Waals surface area contributed by atoms with Gasteiger partial charge in [0.25, 0.3) is 0 Å². The number of nitrogens with zero attached hydrogens (tertiary/aromatic N) is 1. The number of ether oxygens (including phenoxy) is 3. The van der Waals surface area contributed by atoms with Crippen LogP contribution in [0.3, 0.4) is 0 Å². The van der Waals surface area contributed by atoms with Crippen molar-refractivity contribution in [2.75, 3.05) is 34.0 Å². The molecule has 44 heavy (non-hydrogen) atoms. The molecule has 0 saturated heterocycles. The molecule has 0 aromatic heterocycles. The van der Waals surface area contributed by atoms with Crippen LogP contribution >= 0.6 is 0 Å². The fourth-order valence-electron chi connectivity index (χ4n) is 4.84. The van der Waals surface area contributed by atoms with Crippen molar-refractivity contribution in [3.05, 3.63) is 59.7 Å². The van der Waals surface area contributed by atoms with Crippen molar-refractivity contribution in [3.63, 3.8) is 0 Å². The van der Waals surface area contributed by atoms with E-state index in [1.165, 1.54) is 0 Å². The van der Waals surface area contributed by atoms with Gasteiger partial charge in [0.15, 0.2) is 11.5 Å². The second kappa shape index (κ2) is 15.8. The Balaban J connectivity index is 1.88.